The maximum Gasteiger partial charge on any atom is 0.407 e. The van der Waals surface area contributed by atoms with Gasteiger partial charge in [0.25, 0.3) is 0 Å². The van der Waals surface area contributed by atoms with Crippen molar-refractivity contribution >= 4 is 23.6 Å². The number of nitrogens with two attached hydrogens (primary N) is 1. The van der Waals surface area contributed by atoms with Gasteiger partial charge in [0.1, 0.15) is 12.3 Å². The highest BCUT2D eigenvalue weighted by atomic mass is 16.5. The molecule has 1 atom stereocenters. The minimum atomic E-state index is -0.920. The molecule has 0 bridgehead atoms. The maximum absolute atomic E-state index is 11.5. The van der Waals surface area contributed by atoms with E-state index in [1.165, 1.54) is 11.8 Å². The van der Waals surface area contributed by atoms with Gasteiger partial charge in [-0.3, -0.25) is 4.79 Å². The summed E-state index contributed by atoms with van der Waals surface area (Å²) in [7, 11) is 0. The topological polar surface area (TPSA) is 122 Å². The number of aromatic nitrogens is 2. The molecule has 2 rings (SSSR count). The van der Waals surface area contributed by atoms with Gasteiger partial charge in [0.05, 0.1) is 11.7 Å². The van der Waals surface area contributed by atoms with Crippen molar-refractivity contribution in [1.82, 2.24) is 15.1 Å². The van der Waals surface area contributed by atoms with Crippen LogP contribution in [0, 0.1) is 5.41 Å². The van der Waals surface area contributed by atoms with Crippen molar-refractivity contribution in [1.29, 1.82) is 0 Å². The summed E-state index contributed by atoms with van der Waals surface area (Å²) < 4.78 is 4.95. The van der Waals surface area contributed by atoms with E-state index in [2.05, 4.69) is 10.2 Å². The normalized spacial score (nSPS) is 18.2. The van der Waals surface area contributed by atoms with E-state index >= 15 is 0 Å². The molecular formula is C16H25N5O4. The number of hydrogen-bond acceptors (Lipinski definition) is 7. The van der Waals surface area contributed by atoms with Gasteiger partial charge in [-0.1, -0.05) is 20.8 Å². The van der Waals surface area contributed by atoms with Crippen molar-refractivity contribution in [3.05, 3.63) is 11.8 Å². The largest absolute Gasteiger partial charge is 0.465 e. The van der Waals surface area contributed by atoms with Crippen LogP contribution in [0.3, 0.4) is 0 Å². The molecule has 0 radical (unpaired) electrons. The average Bonchev–Trinajstić information content (AvgIpc) is 2.52. The Morgan fingerprint density at radius 3 is 2.60 bits per heavy atom. The van der Waals surface area contributed by atoms with Crippen molar-refractivity contribution in [2.45, 2.75) is 40.3 Å². The van der Waals surface area contributed by atoms with Crippen molar-refractivity contribution in [3.63, 3.8) is 0 Å². The molecule has 9 nitrogen and oxygen atoms in total. The lowest BCUT2D eigenvalue weighted by Crippen LogP contribution is -2.59. The molecule has 3 N–H and O–H groups in total. The molecule has 1 aromatic heterocycles. The van der Waals surface area contributed by atoms with Crippen LogP contribution in [0.1, 0.15) is 33.4 Å². The first kappa shape index (κ1) is 18.8. The lowest BCUT2D eigenvalue weighted by atomic mass is 9.84. The molecule has 0 aromatic carbocycles. The third kappa shape index (κ3) is 4.49. The first-order chi connectivity index (χ1) is 11.6. The number of esters is 1. The Bertz CT molecular complexity index is 658. The molecule has 1 aliphatic rings. The Labute approximate surface area is 146 Å². The van der Waals surface area contributed by atoms with Gasteiger partial charge in [0.15, 0.2) is 5.82 Å². The number of carbonyl (C=O) groups excluding carboxylic acids is 1. The van der Waals surface area contributed by atoms with Crippen molar-refractivity contribution in [2.24, 2.45) is 5.41 Å². The molecule has 1 fully saturated rings. The molecule has 25 heavy (non-hydrogen) atoms. The molecule has 138 valence electrons. The fourth-order valence-electron chi connectivity index (χ4n) is 2.90. The number of carboxylic acid groups (broad SMARTS) is 1. The summed E-state index contributed by atoms with van der Waals surface area (Å²) in [6.07, 6.45) is -0.920. The summed E-state index contributed by atoms with van der Waals surface area (Å²) in [4.78, 5) is 26.0. The number of ether oxygens (including phenoxy) is 1. The van der Waals surface area contributed by atoms with E-state index in [-0.39, 0.29) is 23.9 Å². The van der Waals surface area contributed by atoms with Crippen LogP contribution in [0.25, 0.3) is 0 Å². The molecule has 1 amide bonds. The first-order valence-corrected chi connectivity index (χ1v) is 8.09. The molecule has 1 unspecified atom stereocenters. The zero-order valence-electron chi connectivity index (χ0n) is 15.0. The summed E-state index contributed by atoms with van der Waals surface area (Å²) in [6.45, 7) is 8.75. The van der Waals surface area contributed by atoms with E-state index in [0.717, 1.165) is 0 Å². The predicted octanol–water partition coefficient (Wildman–Crippen LogP) is 1.34. The highest BCUT2D eigenvalue weighted by Gasteiger charge is 2.38. The fourth-order valence-corrected chi connectivity index (χ4v) is 2.90. The second-order valence-electron chi connectivity index (χ2n) is 7.19. The highest BCUT2D eigenvalue weighted by Crippen LogP contribution is 2.31. The van der Waals surface area contributed by atoms with Gasteiger partial charge in [-0.15, -0.1) is 10.2 Å². The molecule has 1 aliphatic heterocycles. The van der Waals surface area contributed by atoms with Crippen LogP contribution in [-0.4, -0.2) is 57.9 Å². The van der Waals surface area contributed by atoms with Crippen molar-refractivity contribution in [2.75, 3.05) is 30.3 Å². The van der Waals surface area contributed by atoms with Crippen LogP contribution < -0.4 is 10.6 Å². The summed E-state index contributed by atoms with van der Waals surface area (Å²) in [6, 6.07) is 1.55. The van der Waals surface area contributed by atoms with Crippen LogP contribution in [0.15, 0.2) is 6.07 Å². The van der Waals surface area contributed by atoms with Crippen LogP contribution in [0.2, 0.25) is 0 Å². The second-order valence-corrected chi connectivity index (χ2v) is 7.19. The Balaban J connectivity index is 2.25. The molecule has 0 saturated carbocycles. The number of nitrogen functional groups attached to an aromatic ring is 1. The quantitative estimate of drug-likeness (QED) is 0.782. The number of piperazine rings is 1. The zero-order valence-corrected chi connectivity index (χ0v) is 15.0. The van der Waals surface area contributed by atoms with Crippen LogP contribution in [-0.2, 0) is 16.1 Å². The predicted molar refractivity (Wildman–Crippen MR) is 92.1 cm³/mol. The summed E-state index contributed by atoms with van der Waals surface area (Å²) in [5, 5.41) is 17.3. The van der Waals surface area contributed by atoms with Gasteiger partial charge >= 0.3 is 12.1 Å². The lowest BCUT2D eigenvalue weighted by Gasteiger charge is -2.46. The standard InChI is InChI=1S/C16H25N5O4/c1-10(22)25-9-11-7-12(14(17)19-18-11)20-5-6-21(15(23)24)13(8-20)16(2,3)4/h7,13H,5-6,8-9H2,1-4H3,(H2,17,19)(H,23,24). The first-order valence-electron chi connectivity index (χ1n) is 8.09. The molecule has 1 saturated heterocycles. The smallest absolute Gasteiger partial charge is 0.407 e. The molecule has 2 heterocycles. The van der Waals surface area contributed by atoms with Gasteiger partial charge in [-0.2, -0.15) is 0 Å². The second kappa shape index (κ2) is 7.12. The van der Waals surface area contributed by atoms with Crippen LogP contribution >= 0.6 is 0 Å². The number of carbonyl (C=O) groups is 2. The molecule has 0 spiro atoms. The van der Waals surface area contributed by atoms with Crippen LogP contribution in [0.4, 0.5) is 16.3 Å². The van der Waals surface area contributed by atoms with Gasteiger partial charge in [-0.05, 0) is 11.5 Å². The van der Waals surface area contributed by atoms with E-state index in [9.17, 15) is 14.7 Å². The SMILES string of the molecule is CC(=O)OCc1cc(N2CCN(C(=O)O)C(C(C)(C)C)C2)c(N)nn1. The van der Waals surface area contributed by atoms with Crippen molar-refractivity contribution in [3.8, 4) is 0 Å². The van der Waals surface area contributed by atoms with E-state index in [1.54, 1.807) is 6.07 Å². The summed E-state index contributed by atoms with van der Waals surface area (Å²) >= 11 is 0. The number of hydrogen-bond donors (Lipinski definition) is 2. The minimum absolute atomic E-state index is 0.0212. The van der Waals surface area contributed by atoms with E-state index < -0.39 is 12.1 Å². The van der Waals surface area contributed by atoms with E-state index in [4.69, 9.17) is 10.5 Å². The number of nitrogens with zero attached hydrogens (tertiary/aromatic N) is 4. The maximum atomic E-state index is 11.5. The summed E-state index contributed by atoms with van der Waals surface area (Å²) in [5.74, 6) is -0.133. The van der Waals surface area contributed by atoms with Gasteiger partial charge in [0, 0.05) is 26.6 Å². The average molecular weight is 351 g/mol. The summed E-state index contributed by atoms with van der Waals surface area (Å²) in [5.41, 5.74) is 6.91. The Morgan fingerprint density at radius 1 is 1.36 bits per heavy atom. The number of anilines is 2. The van der Waals surface area contributed by atoms with E-state index in [1.807, 2.05) is 25.7 Å². The highest BCUT2D eigenvalue weighted by molar-refractivity contribution is 5.68. The molecular weight excluding hydrogens is 326 g/mol. The molecule has 0 aliphatic carbocycles. The third-order valence-corrected chi connectivity index (χ3v) is 4.24. The Kier molecular flexibility index (Phi) is 5.34. The van der Waals surface area contributed by atoms with E-state index in [0.29, 0.717) is 31.0 Å². The van der Waals surface area contributed by atoms with Gasteiger partial charge in [0.2, 0.25) is 0 Å². The fraction of sp³-hybridized carbons (Fsp3) is 0.625. The lowest BCUT2D eigenvalue weighted by molar-refractivity contribution is -0.142. The van der Waals surface area contributed by atoms with Crippen LogP contribution in [0.5, 0.6) is 0 Å². The zero-order chi connectivity index (χ0) is 18.8. The number of rotatable bonds is 3. The monoisotopic (exact) mass is 351 g/mol. The minimum Gasteiger partial charge on any atom is -0.465 e. The Morgan fingerprint density at radius 2 is 2.04 bits per heavy atom. The Hall–Kier alpha value is -2.58. The molecule has 1 aromatic rings. The third-order valence-electron chi connectivity index (χ3n) is 4.24. The van der Waals surface area contributed by atoms with Crippen molar-refractivity contribution < 1.29 is 19.4 Å². The van der Waals surface area contributed by atoms with Gasteiger partial charge in [-0.25, -0.2) is 4.79 Å². The van der Waals surface area contributed by atoms with Gasteiger partial charge < -0.3 is 25.4 Å². The number of amides is 1. The molecule has 9 heteroatoms.